The minimum atomic E-state index is 0.0958. The predicted octanol–water partition coefficient (Wildman–Crippen LogP) is 0.651. The summed E-state index contributed by atoms with van der Waals surface area (Å²) in [5.41, 5.74) is 0. The molecule has 0 aromatic carbocycles. The Labute approximate surface area is 61.2 Å². The molecule has 0 aromatic heterocycles. The van der Waals surface area contributed by atoms with Gasteiger partial charge >= 0.3 is 0 Å². The Balaban J connectivity index is 2.41. The van der Waals surface area contributed by atoms with E-state index in [9.17, 15) is 4.79 Å². The zero-order chi connectivity index (χ0) is 7.56. The van der Waals surface area contributed by atoms with Gasteiger partial charge in [0.1, 0.15) is 0 Å². The van der Waals surface area contributed by atoms with Crippen LogP contribution in [0.25, 0.3) is 0 Å². The molecule has 0 radical (unpaired) electrons. The third kappa shape index (κ3) is 1.29. The van der Waals surface area contributed by atoms with Crippen molar-refractivity contribution in [2.24, 2.45) is 5.84 Å². The minimum absolute atomic E-state index is 0.0958. The standard InChI is InChI=1S/C7H14N2O/c1-2-3-6-4-5-7(10)9(6)8/h6H,2-5,8H2,1H3. The van der Waals surface area contributed by atoms with Crippen molar-refractivity contribution in [1.29, 1.82) is 0 Å². The first-order valence-corrected chi connectivity index (χ1v) is 3.82. The van der Waals surface area contributed by atoms with E-state index in [-0.39, 0.29) is 5.91 Å². The maximum Gasteiger partial charge on any atom is 0.236 e. The van der Waals surface area contributed by atoms with Crippen LogP contribution in [0.5, 0.6) is 0 Å². The van der Waals surface area contributed by atoms with Crippen molar-refractivity contribution in [3.63, 3.8) is 0 Å². The van der Waals surface area contributed by atoms with Gasteiger partial charge < -0.3 is 0 Å². The van der Waals surface area contributed by atoms with Gasteiger partial charge in [-0.25, -0.2) is 5.84 Å². The molecule has 3 heteroatoms. The summed E-state index contributed by atoms with van der Waals surface area (Å²) < 4.78 is 0. The Bertz CT molecular complexity index is 136. The van der Waals surface area contributed by atoms with Gasteiger partial charge in [0.05, 0.1) is 0 Å². The molecule has 10 heavy (non-hydrogen) atoms. The molecular formula is C7H14N2O. The molecule has 0 saturated carbocycles. The summed E-state index contributed by atoms with van der Waals surface area (Å²) in [6, 6.07) is 0.317. The van der Waals surface area contributed by atoms with Crippen LogP contribution in [0.1, 0.15) is 32.6 Å². The molecule has 1 aliphatic rings. The summed E-state index contributed by atoms with van der Waals surface area (Å²) in [6.45, 7) is 2.11. The topological polar surface area (TPSA) is 46.3 Å². The Hall–Kier alpha value is -0.570. The van der Waals surface area contributed by atoms with E-state index in [4.69, 9.17) is 5.84 Å². The quantitative estimate of drug-likeness (QED) is 0.454. The van der Waals surface area contributed by atoms with Gasteiger partial charge in [-0.15, -0.1) is 0 Å². The van der Waals surface area contributed by atoms with Crippen LogP contribution in [0.15, 0.2) is 0 Å². The van der Waals surface area contributed by atoms with Gasteiger partial charge in [0, 0.05) is 12.5 Å². The molecule has 1 unspecified atom stereocenters. The van der Waals surface area contributed by atoms with E-state index in [0.29, 0.717) is 12.5 Å². The van der Waals surface area contributed by atoms with Gasteiger partial charge in [0.2, 0.25) is 5.91 Å². The number of hydrazine groups is 1. The van der Waals surface area contributed by atoms with Gasteiger partial charge in [-0.1, -0.05) is 13.3 Å². The van der Waals surface area contributed by atoms with Gasteiger partial charge in [-0.2, -0.15) is 0 Å². The maximum absolute atomic E-state index is 10.9. The normalized spacial score (nSPS) is 26.0. The van der Waals surface area contributed by atoms with E-state index in [2.05, 4.69) is 6.92 Å². The second kappa shape index (κ2) is 3.01. The first-order chi connectivity index (χ1) is 4.75. The third-order valence-electron chi connectivity index (χ3n) is 1.99. The number of hydrogen-bond acceptors (Lipinski definition) is 2. The summed E-state index contributed by atoms with van der Waals surface area (Å²) in [6.07, 6.45) is 3.73. The first kappa shape index (κ1) is 7.54. The fourth-order valence-corrected chi connectivity index (χ4v) is 1.38. The summed E-state index contributed by atoms with van der Waals surface area (Å²) in [5.74, 6) is 5.59. The number of carbonyl (C=O) groups excluding carboxylic acids is 1. The van der Waals surface area contributed by atoms with E-state index in [1.54, 1.807) is 0 Å². The average molecular weight is 142 g/mol. The molecule has 1 rings (SSSR count). The number of hydrogen-bond donors (Lipinski definition) is 1. The molecule has 0 aliphatic carbocycles. The van der Waals surface area contributed by atoms with E-state index < -0.39 is 0 Å². The van der Waals surface area contributed by atoms with Crippen molar-refractivity contribution in [3.05, 3.63) is 0 Å². The largest absolute Gasteiger partial charge is 0.278 e. The highest BCUT2D eigenvalue weighted by molar-refractivity contribution is 5.77. The molecule has 2 N–H and O–H groups in total. The Morgan fingerprint density at radius 2 is 2.50 bits per heavy atom. The van der Waals surface area contributed by atoms with E-state index in [0.717, 1.165) is 19.3 Å². The molecule has 0 aromatic rings. The zero-order valence-corrected chi connectivity index (χ0v) is 6.34. The minimum Gasteiger partial charge on any atom is -0.278 e. The highest BCUT2D eigenvalue weighted by atomic mass is 16.2. The van der Waals surface area contributed by atoms with Crippen LogP contribution in [0, 0.1) is 0 Å². The third-order valence-corrected chi connectivity index (χ3v) is 1.99. The molecule has 0 bridgehead atoms. The van der Waals surface area contributed by atoms with Gasteiger partial charge in [0.25, 0.3) is 0 Å². The van der Waals surface area contributed by atoms with Crippen molar-refractivity contribution in [2.75, 3.05) is 0 Å². The first-order valence-electron chi connectivity index (χ1n) is 3.82. The smallest absolute Gasteiger partial charge is 0.236 e. The highest BCUT2D eigenvalue weighted by Crippen LogP contribution is 2.18. The molecule has 1 fully saturated rings. The Kier molecular flexibility index (Phi) is 2.27. The number of rotatable bonds is 2. The second-order valence-corrected chi connectivity index (χ2v) is 2.78. The van der Waals surface area contributed by atoms with Crippen molar-refractivity contribution >= 4 is 5.91 Å². The van der Waals surface area contributed by atoms with Crippen molar-refractivity contribution in [1.82, 2.24) is 5.01 Å². The molecule has 1 amide bonds. The van der Waals surface area contributed by atoms with Gasteiger partial charge in [0.15, 0.2) is 0 Å². The summed E-state index contributed by atoms with van der Waals surface area (Å²) in [7, 11) is 0. The van der Waals surface area contributed by atoms with E-state index in [1.807, 2.05) is 0 Å². The highest BCUT2D eigenvalue weighted by Gasteiger charge is 2.27. The summed E-state index contributed by atoms with van der Waals surface area (Å²) >= 11 is 0. The SMILES string of the molecule is CCCC1CCC(=O)N1N. The van der Waals surface area contributed by atoms with Crippen LogP contribution in [0.2, 0.25) is 0 Å². The van der Waals surface area contributed by atoms with Gasteiger partial charge in [-0.3, -0.25) is 9.80 Å². The Morgan fingerprint density at radius 1 is 1.80 bits per heavy atom. The summed E-state index contributed by atoms with van der Waals surface area (Å²) in [5, 5.41) is 1.39. The number of amides is 1. The molecule has 1 saturated heterocycles. The van der Waals surface area contributed by atoms with Crippen LogP contribution in [0.4, 0.5) is 0 Å². The lowest BCUT2D eigenvalue weighted by molar-refractivity contribution is -0.129. The number of nitrogens with zero attached hydrogens (tertiary/aromatic N) is 1. The fraction of sp³-hybridized carbons (Fsp3) is 0.857. The van der Waals surface area contributed by atoms with Crippen molar-refractivity contribution in [2.45, 2.75) is 38.6 Å². The lowest BCUT2D eigenvalue weighted by Crippen LogP contribution is -2.38. The second-order valence-electron chi connectivity index (χ2n) is 2.78. The fourth-order valence-electron chi connectivity index (χ4n) is 1.38. The molecule has 1 atom stereocenters. The van der Waals surface area contributed by atoms with Crippen LogP contribution < -0.4 is 5.84 Å². The van der Waals surface area contributed by atoms with Crippen LogP contribution in [0.3, 0.4) is 0 Å². The predicted molar refractivity (Wildman–Crippen MR) is 39.0 cm³/mol. The van der Waals surface area contributed by atoms with E-state index >= 15 is 0 Å². The molecule has 58 valence electrons. The monoisotopic (exact) mass is 142 g/mol. The maximum atomic E-state index is 10.9. The molecule has 1 heterocycles. The molecule has 0 spiro atoms. The lowest BCUT2D eigenvalue weighted by Gasteiger charge is -2.17. The summed E-state index contributed by atoms with van der Waals surface area (Å²) in [4.78, 5) is 10.9. The van der Waals surface area contributed by atoms with Crippen molar-refractivity contribution < 1.29 is 4.79 Å². The molecule has 3 nitrogen and oxygen atoms in total. The zero-order valence-electron chi connectivity index (χ0n) is 6.34. The number of carbonyl (C=O) groups is 1. The average Bonchev–Trinajstić information content (AvgIpc) is 2.20. The van der Waals surface area contributed by atoms with Crippen molar-refractivity contribution in [3.8, 4) is 0 Å². The lowest BCUT2D eigenvalue weighted by atomic mass is 10.1. The van der Waals surface area contributed by atoms with Crippen LogP contribution >= 0.6 is 0 Å². The Morgan fingerprint density at radius 3 is 2.90 bits per heavy atom. The van der Waals surface area contributed by atoms with Crippen LogP contribution in [-0.2, 0) is 4.79 Å². The van der Waals surface area contributed by atoms with Gasteiger partial charge in [-0.05, 0) is 12.8 Å². The van der Waals surface area contributed by atoms with E-state index in [1.165, 1.54) is 5.01 Å². The molecule has 1 aliphatic heterocycles. The van der Waals surface area contributed by atoms with Crippen LogP contribution in [-0.4, -0.2) is 17.0 Å². The number of nitrogens with two attached hydrogens (primary N) is 1. The molecular weight excluding hydrogens is 128 g/mol.